The van der Waals surface area contributed by atoms with Gasteiger partial charge >= 0.3 is 6.03 Å². The molecule has 4 rings (SSSR count). The van der Waals surface area contributed by atoms with Crippen LogP contribution in [0.3, 0.4) is 0 Å². The van der Waals surface area contributed by atoms with Crippen molar-refractivity contribution >= 4 is 28.4 Å². The number of nitrogens with zero attached hydrogens (tertiary/aromatic N) is 3. The van der Waals surface area contributed by atoms with E-state index in [9.17, 15) is 9.18 Å². The zero-order valence-corrected chi connectivity index (χ0v) is 18.3. The van der Waals surface area contributed by atoms with Gasteiger partial charge in [-0.25, -0.2) is 14.2 Å². The highest BCUT2D eigenvalue weighted by molar-refractivity contribution is 7.09. The number of carbonyl (C=O) groups is 1. The largest absolute Gasteiger partial charge is 0.347 e. The Balaban J connectivity index is 1.21. The molecule has 1 saturated heterocycles. The summed E-state index contributed by atoms with van der Waals surface area (Å²) in [6, 6.07) is 14.0. The third kappa shape index (κ3) is 6.01. The lowest BCUT2D eigenvalue weighted by molar-refractivity contribution is 0.248. The van der Waals surface area contributed by atoms with E-state index in [4.69, 9.17) is 4.98 Å². The first-order valence-corrected chi connectivity index (χ1v) is 11.3. The summed E-state index contributed by atoms with van der Waals surface area (Å²) in [5, 5.41) is 6.53. The van der Waals surface area contributed by atoms with Crippen LogP contribution in [0.15, 0.2) is 48.5 Å². The van der Waals surface area contributed by atoms with Gasteiger partial charge in [0.25, 0.3) is 0 Å². The van der Waals surface area contributed by atoms with Crippen molar-refractivity contribution in [2.75, 3.05) is 29.9 Å². The fourth-order valence-corrected chi connectivity index (χ4v) is 4.38. The summed E-state index contributed by atoms with van der Waals surface area (Å²) in [6.07, 6.45) is 2.71. The molecule has 2 aromatic carbocycles. The SMILES string of the molecule is Cc1ccc(Cc2nsc(N3CCC(CNC(=O)Nc4cccc(F)c4)CC3)n2)cc1. The average molecular weight is 440 g/mol. The van der Waals surface area contributed by atoms with Gasteiger partial charge in [-0.1, -0.05) is 35.9 Å². The summed E-state index contributed by atoms with van der Waals surface area (Å²) in [6.45, 7) is 4.48. The van der Waals surface area contributed by atoms with Crippen LogP contribution in [0.2, 0.25) is 0 Å². The van der Waals surface area contributed by atoms with Gasteiger partial charge < -0.3 is 15.5 Å². The van der Waals surface area contributed by atoms with Gasteiger partial charge in [-0.2, -0.15) is 4.37 Å². The maximum absolute atomic E-state index is 13.2. The number of hydrogen-bond acceptors (Lipinski definition) is 5. The second-order valence-electron chi connectivity index (χ2n) is 7.93. The second kappa shape index (κ2) is 9.87. The normalized spacial score (nSPS) is 14.5. The van der Waals surface area contributed by atoms with Crippen LogP contribution >= 0.6 is 11.5 Å². The topological polar surface area (TPSA) is 70.2 Å². The Bertz CT molecular complexity index is 1010. The number of carbonyl (C=O) groups excluding carboxylic acids is 1. The fourth-order valence-electron chi connectivity index (χ4n) is 3.64. The highest BCUT2D eigenvalue weighted by atomic mass is 32.1. The lowest BCUT2D eigenvalue weighted by atomic mass is 9.97. The number of piperidine rings is 1. The van der Waals surface area contributed by atoms with Crippen molar-refractivity contribution in [3.05, 3.63) is 71.3 Å². The Morgan fingerprint density at radius 1 is 1.19 bits per heavy atom. The molecule has 1 aromatic heterocycles. The number of benzene rings is 2. The van der Waals surface area contributed by atoms with Crippen LogP contribution < -0.4 is 15.5 Å². The highest BCUT2D eigenvalue weighted by Crippen LogP contribution is 2.25. The molecule has 0 spiro atoms. The Kier molecular flexibility index (Phi) is 6.76. The molecule has 8 heteroatoms. The number of anilines is 2. The average Bonchev–Trinajstić information content (AvgIpc) is 3.23. The first-order valence-electron chi connectivity index (χ1n) is 10.5. The fraction of sp³-hybridized carbons (Fsp3) is 0.348. The van der Waals surface area contributed by atoms with E-state index >= 15 is 0 Å². The summed E-state index contributed by atoms with van der Waals surface area (Å²) in [4.78, 5) is 19.1. The monoisotopic (exact) mass is 439 g/mol. The van der Waals surface area contributed by atoms with Crippen LogP contribution in [-0.2, 0) is 6.42 Å². The molecule has 162 valence electrons. The summed E-state index contributed by atoms with van der Waals surface area (Å²) >= 11 is 1.45. The van der Waals surface area contributed by atoms with Gasteiger partial charge in [0.2, 0.25) is 5.13 Å². The van der Waals surface area contributed by atoms with Crippen LogP contribution in [0.5, 0.6) is 0 Å². The van der Waals surface area contributed by atoms with E-state index in [0.29, 0.717) is 18.2 Å². The first kappa shape index (κ1) is 21.2. The number of nitrogens with one attached hydrogen (secondary N) is 2. The summed E-state index contributed by atoms with van der Waals surface area (Å²) in [5.41, 5.74) is 2.92. The van der Waals surface area contributed by atoms with Crippen LogP contribution in [0.1, 0.15) is 29.8 Å². The molecule has 2 amide bonds. The van der Waals surface area contributed by atoms with Crippen LogP contribution in [0.4, 0.5) is 20.0 Å². The van der Waals surface area contributed by atoms with Crippen molar-refractivity contribution in [2.45, 2.75) is 26.2 Å². The molecule has 0 aliphatic carbocycles. The van der Waals surface area contributed by atoms with Crippen molar-refractivity contribution in [1.82, 2.24) is 14.7 Å². The molecule has 3 aromatic rings. The number of urea groups is 1. The Morgan fingerprint density at radius 3 is 2.71 bits per heavy atom. The van der Waals surface area contributed by atoms with Crippen LogP contribution in [0.25, 0.3) is 0 Å². The molecule has 2 heterocycles. The second-order valence-corrected chi connectivity index (χ2v) is 8.66. The minimum atomic E-state index is -0.371. The molecule has 1 aliphatic heterocycles. The molecule has 0 unspecified atom stereocenters. The van der Waals surface area contributed by atoms with E-state index in [2.05, 4.69) is 51.1 Å². The maximum atomic E-state index is 13.2. The van der Waals surface area contributed by atoms with E-state index in [0.717, 1.165) is 43.3 Å². The van der Waals surface area contributed by atoms with Gasteiger partial charge in [-0.05, 0) is 49.4 Å². The van der Waals surface area contributed by atoms with Gasteiger partial charge in [0.1, 0.15) is 11.6 Å². The molecule has 1 fully saturated rings. The molecule has 0 saturated carbocycles. The molecule has 1 aliphatic rings. The van der Waals surface area contributed by atoms with Gasteiger partial charge in [0.15, 0.2) is 0 Å². The summed E-state index contributed by atoms with van der Waals surface area (Å²) in [5.74, 6) is 0.903. The van der Waals surface area contributed by atoms with Crippen LogP contribution in [0, 0.1) is 18.7 Å². The Morgan fingerprint density at radius 2 is 1.97 bits per heavy atom. The number of aryl methyl sites for hydroxylation is 1. The van der Waals surface area contributed by atoms with Gasteiger partial charge in [-0.15, -0.1) is 0 Å². The smallest absolute Gasteiger partial charge is 0.319 e. The van der Waals surface area contributed by atoms with E-state index in [-0.39, 0.29) is 11.8 Å². The predicted molar refractivity (Wildman–Crippen MR) is 122 cm³/mol. The van der Waals surface area contributed by atoms with E-state index in [1.165, 1.54) is 34.8 Å². The summed E-state index contributed by atoms with van der Waals surface area (Å²) < 4.78 is 17.7. The molecular formula is C23H26FN5OS. The van der Waals surface area contributed by atoms with Crippen molar-refractivity contribution in [3.8, 4) is 0 Å². The van der Waals surface area contributed by atoms with Crippen molar-refractivity contribution in [3.63, 3.8) is 0 Å². The van der Waals surface area contributed by atoms with Crippen LogP contribution in [-0.4, -0.2) is 35.0 Å². The molecular weight excluding hydrogens is 413 g/mol. The first-order chi connectivity index (χ1) is 15.0. The number of amides is 2. The lowest BCUT2D eigenvalue weighted by Crippen LogP contribution is -2.39. The van der Waals surface area contributed by atoms with Gasteiger partial charge in [0, 0.05) is 43.3 Å². The zero-order chi connectivity index (χ0) is 21.6. The zero-order valence-electron chi connectivity index (χ0n) is 17.5. The Labute approximate surface area is 185 Å². The number of aromatic nitrogens is 2. The molecule has 0 atom stereocenters. The Hall–Kier alpha value is -3.00. The maximum Gasteiger partial charge on any atom is 0.319 e. The third-order valence-corrected chi connectivity index (χ3v) is 6.27. The molecule has 0 radical (unpaired) electrons. The minimum Gasteiger partial charge on any atom is -0.347 e. The predicted octanol–water partition coefficient (Wildman–Crippen LogP) is 4.61. The van der Waals surface area contributed by atoms with Gasteiger partial charge in [0.05, 0.1) is 0 Å². The third-order valence-electron chi connectivity index (χ3n) is 5.46. The van der Waals surface area contributed by atoms with E-state index in [1.807, 2.05) is 0 Å². The summed E-state index contributed by atoms with van der Waals surface area (Å²) in [7, 11) is 0. The standard InChI is InChI=1S/C23H26FN5OS/c1-16-5-7-17(8-6-16)13-21-27-23(31-28-21)29-11-9-18(10-12-29)15-25-22(30)26-20-4-2-3-19(24)14-20/h2-8,14,18H,9-13,15H2,1H3,(H2,25,26,30). The molecule has 2 N–H and O–H groups in total. The minimum absolute atomic E-state index is 0.307. The molecule has 31 heavy (non-hydrogen) atoms. The van der Waals surface area contributed by atoms with Crippen molar-refractivity contribution in [1.29, 1.82) is 0 Å². The quantitative estimate of drug-likeness (QED) is 0.588. The van der Waals surface area contributed by atoms with Crippen molar-refractivity contribution in [2.24, 2.45) is 5.92 Å². The number of rotatable bonds is 6. The number of hydrogen-bond donors (Lipinski definition) is 2. The molecule has 0 bridgehead atoms. The lowest BCUT2D eigenvalue weighted by Gasteiger charge is -2.31. The van der Waals surface area contributed by atoms with E-state index in [1.54, 1.807) is 12.1 Å². The van der Waals surface area contributed by atoms with Gasteiger partial charge in [-0.3, -0.25) is 0 Å². The van der Waals surface area contributed by atoms with Crippen molar-refractivity contribution < 1.29 is 9.18 Å². The molecule has 6 nitrogen and oxygen atoms in total. The number of halogens is 1. The van der Waals surface area contributed by atoms with E-state index < -0.39 is 0 Å². The highest BCUT2D eigenvalue weighted by Gasteiger charge is 2.22.